The van der Waals surface area contributed by atoms with Crippen molar-refractivity contribution >= 4 is 29.0 Å². The van der Waals surface area contributed by atoms with Gasteiger partial charge in [-0.1, -0.05) is 36.9 Å². The summed E-state index contributed by atoms with van der Waals surface area (Å²) in [5, 5.41) is 3.83. The molecule has 3 atom stereocenters. The van der Waals surface area contributed by atoms with Crippen LogP contribution in [-0.2, 0) is 9.53 Å². The monoisotopic (exact) mass is 424 g/mol. The lowest BCUT2D eigenvalue weighted by molar-refractivity contribution is -0.159. The molecule has 1 saturated heterocycles. The van der Waals surface area contributed by atoms with Gasteiger partial charge in [0.15, 0.2) is 16.6 Å². The third kappa shape index (κ3) is 3.10. The Hall–Kier alpha value is -3.06. The molecule has 2 aromatic carbocycles. The largest absolute Gasteiger partial charge is 0.493 e. The first-order valence-corrected chi connectivity index (χ1v) is 10.1. The molecule has 0 saturated carbocycles. The second-order valence-corrected chi connectivity index (χ2v) is 7.92. The quantitative estimate of drug-likeness (QED) is 0.444. The number of methoxy groups -OCH3 is 1. The minimum Gasteiger partial charge on any atom is -0.493 e. The fourth-order valence-corrected chi connectivity index (χ4v) is 4.69. The number of thiocarbonyl (C=S) groups is 1. The van der Waals surface area contributed by atoms with Crippen molar-refractivity contribution in [2.75, 3.05) is 18.6 Å². The standard InChI is InChI=1S/C23H24N2O4S/c1-5-12-28-21(26)18-19-16-10-7-11-17(27-4)20(16)29-23(18,3)25(22(30)24-19)15-9-6-8-14(2)13-15/h5-11,13,18-19H,1,12H2,2-4H3,(H,24,30)/t18-,19-,23+/m1/s1. The highest BCUT2D eigenvalue weighted by atomic mass is 32.1. The molecule has 0 aromatic heterocycles. The van der Waals surface area contributed by atoms with Gasteiger partial charge in [0.05, 0.1) is 13.2 Å². The molecule has 0 unspecified atom stereocenters. The minimum absolute atomic E-state index is 0.123. The van der Waals surface area contributed by atoms with Gasteiger partial charge in [-0.15, -0.1) is 0 Å². The maximum atomic E-state index is 13.2. The van der Waals surface area contributed by atoms with E-state index in [0.29, 0.717) is 16.6 Å². The number of carbonyl (C=O) groups is 1. The third-order valence-electron chi connectivity index (χ3n) is 5.57. The molecule has 0 spiro atoms. The van der Waals surface area contributed by atoms with Gasteiger partial charge >= 0.3 is 5.97 Å². The van der Waals surface area contributed by atoms with Gasteiger partial charge in [0.25, 0.3) is 0 Å². The highest BCUT2D eigenvalue weighted by molar-refractivity contribution is 7.80. The zero-order valence-corrected chi connectivity index (χ0v) is 18.0. The van der Waals surface area contributed by atoms with Crippen LogP contribution < -0.4 is 19.7 Å². The van der Waals surface area contributed by atoms with Gasteiger partial charge in [0.1, 0.15) is 12.5 Å². The van der Waals surface area contributed by atoms with Crippen LogP contribution in [0.25, 0.3) is 0 Å². The maximum absolute atomic E-state index is 13.2. The van der Waals surface area contributed by atoms with Crippen molar-refractivity contribution in [2.24, 2.45) is 5.92 Å². The number of nitrogens with one attached hydrogen (secondary N) is 1. The molecule has 156 valence electrons. The number of esters is 1. The molecule has 0 radical (unpaired) electrons. The van der Waals surface area contributed by atoms with Crippen LogP contribution in [0.1, 0.15) is 24.1 Å². The Bertz CT molecular complexity index is 1020. The number of anilines is 1. The Kier molecular flexibility index (Phi) is 5.15. The van der Waals surface area contributed by atoms with Crippen molar-refractivity contribution in [1.82, 2.24) is 5.32 Å². The number of fused-ring (bicyclic) bond motifs is 4. The molecule has 4 rings (SSSR count). The first kappa shape index (κ1) is 20.2. The van der Waals surface area contributed by atoms with Crippen LogP contribution in [0.2, 0.25) is 0 Å². The van der Waals surface area contributed by atoms with Gasteiger partial charge in [-0.2, -0.15) is 0 Å². The van der Waals surface area contributed by atoms with E-state index < -0.39 is 17.7 Å². The molecule has 2 aromatic rings. The Morgan fingerprint density at radius 2 is 2.13 bits per heavy atom. The summed E-state index contributed by atoms with van der Waals surface area (Å²) in [6, 6.07) is 13.1. The van der Waals surface area contributed by atoms with Crippen LogP contribution >= 0.6 is 12.2 Å². The Labute approximate surface area is 181 Å². The number of aryl methyl sites for hydroxylation is 1. The fraction of sp³-hybridized carbons (Fsp3) is 0.304. The van der Waals surface area contributed by atoms with E-state index in [1.54, 1.807) is 13.2 Å². The molecule has 2 bridgehead atoms. The number of para-hydroxylation sites is 1. The molecule has 30 heavy (non-hydrogen) atoms. The maximum Gasteiger partial charge on any atom is 0.317 e. The molecule has 0 amide bonds. The van der Waals surface area contributed by atoms with Crippen LogP contribution in [-0.4, -0.2) is 30.5 Å². The number of rotatable bonds is 5. The van der Waals surface area contributed by atoms with E-state index in [1.165, 1.54) is 0 Å². The van der Waals surface area contributed by atoms with Crippen molar-refractivity contribution < 1.29 is 19.0 Å². The summed E-state index contributed by atoms with van der Waals surface area (Å²) in [4.78, 5) is 15.0. The lowest BCUT2D eigenvalue weighted by Crippen LogP contribution is -2.71. The molecule has 7 heteroatoms. The van der Waals surface area contributed by atoms with Gasteiger partial charge in [-0.3, -0.25) is 9.69 Å². The lowest BCUT2D eigenvalue weighted by Gasteiger charge is -2.55. The first-order chi connectivity index (χ1) is 14.4. The molecule has 0 aliphatic carbocycles. The molecular formula is C23H24N2O4S. The predicted octanol–water partition coefficient (Wildman–Crippen LogP) is 3.89. The topological polar surface area (TPSA) is 60.0 Å². The second kappa shape index (κ2) is 7.65. The van der Waals surface area contributed by atoms with Crippen molar-refractivity contribution in [2.45, 2.75) is 25.6 Å². The summed E-state index contributed by atoms with van der Waals surface area (Å²) in [5.74, 6) is 0.126. The van der Waals surface area contributed by atoms with Crippen LogP contribution in [0.4, 0.5) is 5.69 Å². The lowest BCUT2D eigenvalue weighted by atomic mass is 9.79. The van der Waals surface area contributed by atoms with Gasteiger partial charge < -0.3 is 19.5 Å². The minimum atomic E-state index is -1.12. The van der Waals surface area contributed by atoms with Gasteiger partial charge in [-0.05, 0) is 49.8 Å². The van der Waals surface area contributed by atoms with Crippen molar-refractivity contribution in [1.29, 1.82) is 0 Å². The summed E-state index contributed by atoms with van der Waals surface area (Å²) in [5.41, 5.74) is 1.58. The number of nitrogens with zero attached hydrogens (tertiary/aromatic N) is 1. The van der Waals surface area contributed by atoms with Crippen molar-refractivity contribution in [3.63, 3.8) is 0 Å². The number of benzene rings is 2. The average Bonchev–Trinajstić information content (AvgIpc) is 2.71. The van der Waals surface area contributed by atoms with Crippen LogP contribution in [0.15, 0.2) is 55.1 Å². The SMILES string of the molecule is C=CCOC(=O)[C@H]1[C@@H]2NC(=S)N(c3cccc(C)c3)[C@@]1(C)Oc1c(OC)cccc12. The second-order valence-electron chi connectivity index (χ2n) is 7.53. The van der Waals surface area contributed by atoms with Gasteiger partial charge in [0.2, 0.25) is 5.72 Å². The first-order valence-electron chi connectivity index (χ1n) is 9.71. The number of hydrogen-bond acceptors (Lipinski definition) is 5. The van der Waals surface area contributed by atoms with Crippen molar-refractivity contribution in [3.05, 3.63) is 66.2 Å². The smallest absolute Gasteiger partial charge is 0.317 e. The fourth-order valence-electron chi connectivity index (χ4n) is 4.28. The Balaban J connectivity index is 1.90. The summed E-state index contributed by atoms with van der Waals surface area (Å²) in [6.07, 6.45) is 1.55. The van der Waals surface area contributed by atoms with E-state index >= 15 is 0 Å². The molecule has 1 N–H and O–H groups in total. The van der Waals surface area contributed by atoms with Crippen molar-refractivity contribution in [3.8, 4) is 11.5 Å². The number of ether oxygens (including phenoxy) is 3. The van der Waals surface area contributed by atoms with Crippen LogP contribution in [0.3, 0.4) is 0 Å². The third-order valence-corrected chi connectivity index (χ3v) is 5.87. The Morgan fingerprint density at radius 1 is 1.37 bits per heavy atom. The van der Waals surface area contributed by atoms with E-state index in [2.05, 4.69) is 11.9 Å². The zero-order valence-electron chi connectivity index (χ0n) is 17.2. The summed E-state index contributed by atoms with van der Waals surface area (Å²) >= 11 is 5.73. The molecular weight excluding hydrogens is 400 g/mol. The van der Waals surface area contributed by atoms with Gasteiger partial charge in [-0.25, -0.2) is 0 Å². The number of hydrogen-bond donors (Lipinski definition) is 1. The number of carbonyl (C=O) groups excluding carboxylic acids is 1. The molecule has 2 aliphatic rings. The van der Waals surface area contributed by atoms with E-state index in [9.17, 15) is 4.79 Å². The molecule has 1 fully saturated rings. The molecule has 2 aliphatic heterocycles. The van der Waals surface area contributed by atoms with Crippen LogP contribution in [0.5, 0.6) is 11.5 Å². The normalized spacial score (nSPS) is 24.2. The predicted molar refractivity (Wildman–Crippen MR) is 119 cm³/mol. The zero-order chi connectivity index (χ0) is 21.5. The highest BCUT2D eigenvalue weighted by Crippen LogP contribution is 2.52. The molecule has 6 nitrogen and oxygen atoms in total. The van der Waals surface area contributed by atoms with E-state index in [4.69, 9.17) is 26.4 Å². The van der Waals surface area contributed by atoms with Crippen LogP contribution in [0, 0.1) is 12.8 Å². The summed E-state index contributed by atoms with van der Waals surface area (Å²) in [7, 11) is 1.60. The van der Waals surface area contributed by atoms with E-state index in [0.717, 1.165) is 16.8 Å². The van der Waals surface area contributed by atoms with Gasteiger partial charge in [0, 0.05) is 11.3 Å². The summed E-state index contributed by atoms with van der Waals surface area (Å²) < 4.78 is 17.6. The van der Waals surface area contributed by atoms with E-state index in [-0.39, 0.29) is 12.6 Å². The highest BCUT2D eigenvalue weighted by Gasteiger charge is 2.60. The Morgan fingerprint density at radius 3 is 2.83 bits per heavy atom. The summed E-state index contributed by atoms with van der Waals surface area (Å²) in [6.45, 7) is 7.63. The average molecular weight is 425 g/mol. The molecule has 2 heterocycles. The van der Waals surface area contributed by atoms with E-state index in [1.807, 2.05) is 61.2 Å².